The van der Waals surface area contributed by atoms with E-state index in [1.165, 1.54) is 0 Å². The van der Waals surface area contributed by atoms with E-state index in [4.69, 9.17) is 10.2 Å². The number of aliphatic hydroxyl groups excluding tert-OH is 10. The third-order valence-electron chi connectivity index (χ3n) is 4.19. The van der Waals surface area contributed by atoms with Crippen molar-refractivity contribution in [2.24, 2.45) is 0 Å². The van der Waals surface area contributed by atoms with Crippen LogP contribution in [0.25, 0.3) is 0 Å². The molecule has 0 aliphatic carbocycles. The molecule has 0 spiro atoms. The Balaban J connectivity index is 5.14. The summed E-state index contributed by atoms with van der Waals surface area (Å²) < 4.78 is 8.61. The van der Waals surface area contributed by atoms with Gasteiger partial charge in [0, 0.05) is 13.8 Å². The molecule has 30 heavy (non-hydrogen) atoms. The number of carbonyl (C=O) groups excluding carboxylic acids is 1. The number of hydrogen-bond donors (Lipinski definition) is 12. The first-order chi connectivity index (χ1) is 13.5. The maximum absolute atomic E-state index is 11.8. The Morgan fingerprint density at radius 1 is 0.667 bits per heavy atom. The lowest BCUT2D eigenvalue weighted by molar-refractivity contribution is -0.288. The van der Waals surface area contributed by atoms with E-state index < -0.39 is 79.8 Å². The van der Waals surface area contributed by atoms with E-state index >= 15 is 0 Å². The highest BCUT2D eigenvalue weighted by Crippen LogP contribution is 2.23. The number of aliphatic hydroxyl groups is 12. The fourth-order valence-electron chi connectivity index (χ4n) is 2.16. The molecule has 180 valence electrons. The SMILES string of the molecule is CC(O)(OC(=O)OC(C)(O)[C@H](O)[C@H](O)[C@H](O)[C@@H](O)CO)[C@H](O)[C@H](O)[C@H](O)[C@@H](O)CO. The summed E-state index contributed by atoms with van der Waals surface area (Å²) in [5.74, 6) is -6.00. The lowest BCUT2D eigenvalue weighted by atomic mass is 9.98. The summed E-state index contributed by atoms with van der Waals surface area (Å²) in [6.07, 6.45) is -19.8. The van der Waals surface area contributed by atoms with Gasteiger partial charge in [-0.2, -0.15) is 0 Å². The molecule has 0 heterocycles. The quantitative estimate of drug-likeness (QED) is 0.0972. The van der Waals surface area contributed by atoms with Crippen molar-refractivity contribution in [3.8, 4) is 0 Å². The number of rotatable bonds is 12. The molecule has 0 aromatic heterocycles. The second-order valence-corrected chi connectivity index (χ2v) is 6.92. The standard InChI is InChI=1S/C15H30O15/c1-14(27,11(24)9(22)7(20)5(18)3-16)29-13(26)30-15(2,28)12(25)10(23)8(21)6(19)4-17/h5-12,16-25,27-28H,3-4H2,1-2H3/t5-,6-,7+,8+,9+,10+,11+,12+,14?,15?/m0/s1. The van der Waals surface area contributed by atoms with E-state index in [9.17, 15) is 55.9 Å². The predicted molar refractivity (Wildman–Crippen MR) is 91.0 cm³/mol. The van der Waals surface area contributed by atoms with Gasteiger partial charge < -0.3 is 70.8 Å². The second-order valence-electron chi connectivity index (χ2n) is 6.92. The van der Waals surface area contributed by atoms with Gasteiger partial charge in [0.2, 0.25) is 11.6 Å². The molecule has 0 bridgehead atoms. The Labute approximate surface area is 170 Å². The molecule has 0 radical (unpaired) electrons. The van der Waals surface area contributed by atoms with Crippen LogP contribution in [0.2, 0.25) is 0 Å². The van der Waals surface area contributed by atoms with Gasteiger partial charge in [-0.3, -0.25) is 0 Å². The third-order valence-corrected chi connectivity index (χ3v) is 4.19. The maximum atomic E-state index is 11.8. The predicted octanol–water partition coefficient (Wildman–Crippen LogP) is -6.57. The monoisotopic (exact) mass is 450 g/mol. The van der Waals surface area contributed by atoms with E-state index in [1.807, 2.05) is 0 Å². The Hall–Kier alpha value is -1.21. The van der Waals surface area contributed by atoms with Gasteiger partial charge in [-0.1, -0.05) is 0 Å². The molecule has 15 nitrogen and oxygen atoms in total. The summed E-state index contributed by atoms with van der Waals surface area (Å²) in [5.41, 5.74) is 0. The first-order valence-corrected chi connectivity index (χ1v) is 8.56. The fourth-order valence-corrected chi connectivity index (χ4v) is 2.16. The van der Waals surface area contributed by atoms with Gasteiger partial charge in [0.25, 0.3) is 0 Å². The zero-order chi connectivity index (χ0) is 24.0. The van der Waals surface area contributed by atoms with Crippen molar-refractivity contribution in [2.45, 2.75) is 74.3 Å². The van der Waals surface area contributed by atoms with Crippen molar-refractivity contribution in [1.82, 2.24) is 0 Å². The van der Waals surface area contributed by atoms with Gasteiger partial charge in [0.15, 0.2) is 0 Å². The van der Waals surface area contributed by atoms with Crippen LogP contribution in [0.1, 0.15) is 13.8 Å². The van der Waals surface area contributed by atoms with E-state index in [-0.39, 0.29) is 0 Å². The number of hydrogen-bond acceptors (Lipinski definition) is 15. The zero-order valence-electron chi connectivity index (χ0n) is 16.1. The topological polar surface area (TPSA) is 278 Å². The van der Waals surface area contributed by atoms with Crippen LogP contribution in [0.5, 0.6) is 0 Å². The largest absolute Gasteiger partial charge is 0.513 e. The molecule has 0 rings (SSSR count). The summed E-state index contributed by atoms with van der Waals surface area (Å²) in [4.78, 5) is 11.8. The van der Waals surface area contributed by atoms with Crippen molar-refractivity contribution in [2.75, 3.05) is 13.2 Å². The minimum absolute atomic E-state index is 0.613. The average molecular weight is 450 g/mol. The summed E-state index contributed by atoms with van der Waals surface area (Å²) in [7, 11) is 0. The van der Waals surface area contributed by atoms with Crippen molar-refractivity contribution in [3.63, 3.8) is 0 Å². The number of ether oxygens (including phenoxy) is 2. The molecule has 0 aliphatic rings. The lowest BCUT2D eigenvalue weighted by Crippen LogP contribution is -2.58. The Morgan fingerprint density at radius 2 is 0.933 bits per heavy atom. The zero-order valence-corrected chi connectivity index (χ0v) is 16.1. The fraction of sp³-hybridized carbons (Fsp3) is 0.933. The van der Waals surface area contributed by atoms with Crippen LogP contribution < -0.4 is 0 Å². The summed E-state index contributed by atoms with van der Waals surface area (Å²) >= 11 is 0. The minimum Gasteiger partial charge on any atom is -0.399 e. The molecular formula is C15H30O15. The molecule has 10 atom stereocenters. The Kier molecular flexibility index (Phi) is 11.0. The molecule has 0 aliphatic heterocycles. The highest BCUT2D eigenvalue weighted by Gasteiger charge is 2.47. The van der Waals surface area contributed by atoms with E-state index in [1.54, 1.807) is 0 Å². The van der Waals surface area contributed by atoms with Crippen LogP contribution in [0.3, 0.4) is 0 Å². The van der Waals surface area contributed by atoms with Crippen molar-refractivity contribution >= 4 is 6.16 Å². The van der Waals surface area contributed by atoms with Gasteiger partial charge >= 0.3 is 6.16 Å². The molecular weight excluding hydrogens is 420 g/mol. The minimum atomic E-state index is -3.00. The lowest BCUT2D eigenvalue weighted by Gasteiger charge is -2.36. The molecule has 0 amide bonds. The van der Waals surface area contributed by atoms with Crippen molar-refractivity contribution in [1.29, 1.82) is 0 Å². The third kappa shape index (κ3) is 7.49. The van der Waals surface area contributed by atoms with Gasteiger partial charge in [-0.15, -0.1) is 0 Å². The van der Waals surface area contributed by atoms with Gasteiger partial charge in [-0.25, -0.2) is 4.79 Å². The first-order valence-electron chi connectivity index (χ1n) is 8.56. The molecule has 0 aromatic carbocycles. The summed E-state index contributed by atoms with van der Waals surface area (Å²) in [6.45, 7) is -0.811. The summed E-state index contributed by atoms with van der Waals surface area (Å²) in [5, 5.41) is 114. The normalized spacial score (nSPS) is 24.2. The highest BCUT2D eigenvalue weighted by molar-refractivity contribution is 5.61. The van der Waals surface area contributed by atoms with Crippen LogP contribution in [0.15, 0.2) is 0 Å². The van der Waals surface area contributed by atoms with Crippen LogP contribution in [0.4, 0.5) is 4.79 Å². The van der Waals surface area contributed by atoms with Crippen LogP contribution in [-0.4, -0.2) is 141 Å². The molecule has 15 heteroatoms. The van der Waals surface area contributed by atoms with Gasteiger partial charge in [0.1, 0.15) is 48.8 Å². The first kappa shape index (κ1) is 28.8. The molecule has 0 saturated carbocycles. The van der Waals surface area contributed by atoms with Crippen LogP contribution in [-0.2, 0) is 9.47 Å². The van der Waals surface area contributed by atoms with E-state index in [0.717, 1.165) is 0 Å². The van der Waals surface area contributed by atoms with Gasteiger partial charge in [0.05, 0.1) is 13.2 Å². The highest BCUT2D eigenvalue weighted by atomic mass is 16.8. The van der Waals surface area contributed by atoms with E-state index in [0.29, 0.717) is 13.8 Å². The van der Waals surface area contributed by atoms with Gasteiger partial charge in [-0.05, 0) is 0 Å². The smallest absolute Gasteiger partial charge is 0.399 e. The maximum Gasteiger partial charge on any atom is 0.513 e. The van der Waals surface area contributed by atoms with Crippen molar-refractivity contribution in [3.05, 3.63) is 0 Å². The average Bonchev–Trinajstić information content (AvgIpc) is 2.67. The van der Waals surface area contributed by atoms with Crippen molar-refractivity contribution < 1.29 is 75.5 Å². The molecule has 0 saturated heterocycles. The molecule has 12 N–H and O–H groups in total. The summed E-state index contributed by atoms with van der Waals surface area (Å²) in [6, 6.07) is 0. The molecule has 0 aromatic rings. The van der Waals surface area contributed by atoms with E-state index in [2.05, 4.69) is 9.47 Å². The molecule has 0 fully saturated rings. The molecule has 2 unspecified atom stereocenters. The van der Waals surface area contributed by atoms with Crippen LogP contribution in [0, 0.1) is 0 Å². The second kappa shape index (κ2) is 11.4. The van der Waals surface area contributed by atoms with Crippen LogP contribution >= 0.6 is 0 Å². The Bertz CT molecular complexity index is 482. The Morgan fingerprint density at radius 3 is 1.17 bits per heavy atom. The number of carbonyl (C=O) groups is 1.